The number of fused-ring (bicyclic) bond motifs is 1. The molecule has 0 saturated heterocycles. The van der Waals surface area contributed by atoms with Crippen LogP contribution in [0.5, 0.6) is 17.4 Å². The lowest BCUT2D eigenvalue weighted by Gasteiger charge is -2.31. The number of hydrogen-bond acceptors (Lipinski definition) is 5. The molecule has 1 aliphatic heterocycles. The van der Waals surface area contributed by atoms with E-state index >= 15 is 0 Å². The summed E-state index contributed by atoms with van der Waals surface area (Å²) in [4.78, 5) is 6.46. The van der Waals surface area contributed by atoms with Gasteiger partial charge in [0.05, 0.1) is 30.7 Å². The lowest BCUT2D eigenvalue weighted by Crippen LogP contribution is -2.28. The summed E-state index contributed by atoms with van der Waals surface area (Å²) >= 11 is 0. The maximum Gasteiger partial charge on any atom is 0.216 e. The van der Waals surface area contributed by atoms with E-state index in [-0.39, 0.29) is 5.75 Å². The van der Waals surface area contributed by atoms with Gasteiger partial charge in [0.1, 0.15) is 18.1 Å². The Bertz CT molecular complexity index is 658. The Morgan fingerprint density at radius 3 is 3.00 bits per heavy atom. The van der Waals surface area contributed by atoms with Crippen LogP contribution in [0.3, 0.4) is 0 Å². The van der Waals surface area contributed by atoms with E-state index < -0.39 is 0 Å². The number of rotatable bonds is 3. The first-order valence-electron chi connectivity index (χ1n) is 7.02. The van der Waals surface area contributed by atoms with Crippen LogP contribution < -0.4 is 14.4 Å². The molecule has 1 N–H and O–H groups in total. The van der Waals surface area contributed by atoms with Gasteiger partial charge in [-0.2, -0.15) is 0 Å². The second-order valence-electron chi connectivity index (χ2n) is 4.90. The summed E-state index contributed by atoms with van der Waals surface area (Å²) in [5.41, 5.74) is 2.81. The monoisotopic (exact) mass is 286 g/mol. The number of phenolic OH excluding ortho intramolecular Hbond substituents is 1. The summed E-state index contributed by atoms with van der Waals surface area (Å²) in [7, 11) is 0. The van der Waals surface area contributed by atoms with Crippen LogP contribution in [0.2, 0.25) is 0 Å². The van der Waals surface area contributed by atoms with Gasteiger partial charge in [0.2, 0.25) is 5.88 Å². The largest absolute Gasteiger partial charge is 0.508 e. The molecule has 1 aromatic carbocycles. The van der Waals surface area contributed by atoms with Crippen molar-refractivity contribution >= 4 is 11.4 Å². The summed E-state index contributed by atoms with van der Waals surface area (Å²) in [6, 6.07) is 7.16. The number of hydrogen-bond donors (Lipinski definition) is 1. The molecule has 2 heterocycles. The first kappa shape index (κ1) is 13.5. The van der Waals surface area contributed by atoms with E-state index in [1.165, 1.54) is 0 Å². The van der Waals surface area contributed by atoms with Crippen LogP contribution in [-0.2, 0) is 0 Å². The Balaban J connectivity index is 1.99. The van der Waals surface area contributed by atoms with Crippen molar-refractivity contribution in [2.24, 2.45) is 0 Å². The van der Waals surface area contributed by atoms with E-state index in [9.17, 15) is 5.11 Å². The maximum atomic E-state index is 9.70. The summed E-state index contributed by atoms with van der Waals surface area (Å²) < 4.78 is 11.1. The van der Waals surface area contributed by atoms with Crippen LogP contribution in [0.25, 0.3) is 0 Å². The molecular formula is C16H18N2O3. The Labute approximate surface area is 123 Å². The van der Waals surface area contributed by atoms with Gasteiger partial charge in [0, 0.05) is 11.6 Å². The second kappa shape index (κ2) is 5.52. The third-order valence-electron chi connectivity index (χ3n) is 3.41. The summed E-state index contributed by atoms with van der Waals surface area (Å²) in [5.74, 6) is 1.65. The zero-order valence-corrected chi connectivity index (χ0v) is 12.2. The molecule has 0 spiro atoms. The number of nitrogens with zero attached hydrogens (tertiary/aromatic N) is 2. The highest BCUT2D eigenvalue weighted by atomic mass is 16.5. The van der Waals surface area contributed by atoms with Gasteiger partial charge in [-0.25, -0.2) is 4.98 Å². The Morgan fingerprint density at radius 1 is 1.38 bits per heavy atom. The number of phenols is 1. The molecule has 0 bridgehead atoms. The van der Waals surface area contributed by atoms with Crippen molar-refractivity contribution in [3.63, 3.8) is 0 Å². The molecule has 1 aromatic heterocycles. The molecule has 0 radical (unpaired) electrons. The van der Waals surface area contributed by atoms with Crippen LogP contribution in [-0.4, -0.2) is 29.8 Å². The van der Waals surface area contributed by atoms with E-state index in [1.54, 1.807) is 24.4 Å². The van der Waals surface area contributed by atoms with Crippen molar-refractivity contribution in [3.05, 3.63) is 36.0 Å². The summed E-state index contributed by atoms with van der Waals surface area (Å²) in [6.07, 6.45) is 1.79. The molecule has 5 heteroatoms. The summed E-state index contributed by atoms with van der Waals surface area (Å²) in [6.45, 7) is 5.83. The Morgan fingerprint density at radius 2 is 2.24 bits per heavy atom. The molecule has 0 saturated carbocycles. The molecule has 110 valence electrons. The van der Waals surface area contributed by atoms with E-state index in [4.69, 9.17) is 9.47 Å². The average Bonchev–Trinajstić information content (AvgIpc) is 2.49. The Kier molecular flexibility index (Phi) is 3.56. The van der Waals surface area contributed by atoms with Crippen molar-refractivity contribution in [3.8, 4) is 17.4 Å². The zero-order valence-electron chi connectivity index (χ0n) is 12.2. The molecule has 0 fully saturated rings. The number of ether oxygens (including phenoxy) is 2. The lowest BCUT2D eigenvalue weighted by atomic mass is 10.2. The molecule has 1 aliphatic rings. The third-order valence-corrected chi connectivity index (χ3v) is 3.41. The summed E-state index contributed by atoms with van der Waals surface area (Å²) in [5, 5.41) is 9.70. The molecular weight excluding hydrogens is 268 g/mol. The van der Waals surface area contributed by atoms with Gasteiger partial charge in [0.25, 0.3) is 0 Å². The van der Waals surface area contributed by atoms with Gasteiger partial charge in [-0.05, 0) is 32.0 Å². The zero-order chi connectivity index (χ0) is 14.8. The van der Waals surface area contributed by atoms with Crippen LogP contribution in [0.1, 0.15) is 12.5 Å². The third kappa shape index (κ3) is 2.59. The topological polar surface area (TPSA) is 54.8 Å². The van der Waals surface area contributed by atoms with Gasteiger partial charge in [-0.15, -0.1) is 0 Å². The molecule has 0 amide bonds. The highest BCUT2D eigenvalue weighted by Crippen LogP contribution is 2.39. The van der Waals surface area contributed by atoms with Crippen molar-refractivity contribution in [2.45, 2.75) is 13.8 Å². The molecule has 0 unspecified atom stereocenters. The normalized spacial score (nSPS) is 13.5. The van der Waals surface area contributed by atoms with Gasteiger partial charge in [0.15, 0.2) is 0 Å². The molecule has 3 rings (SSSR count). The SMILES string of the molecule is CCOc1ncc(N2CCOc3ccc(O)cc32)cc1C. The standard InChI is InChI=1S/C16H18N2O3/c1-3-20-16-11(2)8-12(10-17-16)18-6-7-21-15-5-4-13(19)9-14(15)18/h4-5,8-10,19H,3,6-7H2,1-2H3. The smallest absolute Gasteiger partial charge is 0.216 e. The van der Waals surface area contributed by atoms with E-state index in [1.807, 2.05) is 19.9 Å². The van der Waals surface area contributed by atoms with Gasteiger partial charge < -0.3 is 19.5 Å². The predicted molar refractivity (Wildman–Crippen MR) is 80.8 cm³/mol. The van der Waals surface area contributed by atoms with Gasteiger partial charge in [-0.1, -0.05) is 0 Å². The number of aromatic hydroxyl groups is 1. The number of aromatic nitrogens is 1. The van der Waals surface area contributed by atoms with E-state index in [0.29, 0.717) is 25.6 Å². The second-order valence-corrected chi connectivity index (χ2v) is 4.90. The number of anilines is 2. The quantitative estimate of drug-likeness (QED) is 0.940. The molecule has 0 atom stereocenters. The fourth-order valence-corrected chi connectivity index (χ4v) is 2.46. The predicted octanol–water partition coefficient (Wildman–Crippen LogP) is 3.02. The number of benzene rings is 1. The molecule has 21 heavy (non-hydrogen) atoms. The van der Waals surface area contributed by atoms with Gasteiger partial charge >= 0.3 is 0 Å². The number of pyridine rings is 1. The number of aryl methyl sites for hydroxylation is 1. The first-order chi connectivity index (χ1) is 10.2. The van der Waals surface area contributed by atoms with Crippen molar-refractivity contribution in [2.75, 3.05) is 24.7 Å². The maximum absolute atomic E-state index is 9.70. The minimum atomic E-state index is 0.222. The molecule has 5 nitrogen and oxygen atoms in total. The lowest BCUT2D eigenvalue weighted by molar-refractivity contribution is 0.312. The Hall–Kier alpha value is -2.43. The van der Waals surface area contributed by atoms with Crippen LogP contribution in [0.4, 0.5) is 11.4 Å². The van der Waals surface area contributed by atoms with E-state index in [2.05, 4.69) is 9.88 Å². The highest BCUT2D eigenvalue weighted by molar-refractivity contribution is 5.72. The van der Waals surface area contributed by atoms with E-state index in [0.717, 1.165) is 22.7 Å². The van der Waals surface area contributed by atoms with Gasteiger partial charge in [-0.3, -0.25) is 0 Å². The van der Waals surface area contributed by atoms with Crippen LogP contribution in [0, 0.1) is 6.92 Å². The minimum absolute atomic E-state index is 0.222. The fourth-order valence-electron chi connectivity index (χ4n) is 2.46. The van der Waals surface area contributed by atoms with Crippen molar-refractivity contribution in [1.29, 1.82) is 0 Å². The van der Waals surface area contributed by atoms with Crippen molar-refractivity contribution < 1.29 is 14.6 Å². The minimum Gasteiger partial charge on any atom is -0.508 e. The average molecular weight is 286 g/mol. The first-order valence-corrected chi connectivity index (χ1v) is 7.02. The van der Waals surface area contributed by atoms with Crippen LogP contribution in [0.15, 0.2) is 30.5 Å². The fraction of sp³-hybridized carbons (Fsp3) is 0.312. The van der Waals surface area contributed by atoms with Crippen LogP contribution >= 0.6 is 0 Å². The highest BCUT2D eigenvalue weighted by Gasteiger charge is 2.21. The molecule has 0 aliphatic carbocycles. The van der Waals surface area contributed by atoms with Crippen molar-refractivity contribution in [1.82, 2.24) is 4.98 Å². The molecule has 2 aromatic rings.